The smallest absolute Gasteiger partial charge is 0.269 e. The summed E-state index contributed by atoms with van der Waals surface area (Å²) in [4.78, 5) is 37.1. The molecule has 0 unspecified atom stereocenters. The number of benzene rings is 1. The maximum Gasteiger partial charge on any atom is 0.269 e. The normalized spacial score (nSPS) is 12.9. The fourth-order valence-electron chi connectivity index (χ4n) is 2.61. The van der Waals surface area contributed by atoms with Crippen molar-refractivity contribution >= 4 is 28.8 Å². The summed E-state index contributed by atoms with van der Waals surface area (Å²) >= 11 is 1.48. The topological polar surface area (TPSA) is 92.6 Å². The SMILES string of the molecule is CC(=O)N[C@@H](CC(=O)N(C)[C@H](C)c1cccc([N+](=O)[O-])c1)c1cccs1. The van der Waals surface area contributed by atoms with Gasteiger partial charge in [0.2, 0.25) is 11.8 Å². The third-order valence-corrected chi connectivity index (χ3v) is 5.17. The number of nitro benzene ring substituents is 1. The van der Waals surface area contributed by atoms with Gasteiger partial charge in [-0.25, -0.2) is 0 Å². The van der Waals surface area contributed by atoms with Crippen LogP contribution in [0.1, 0.15) is 42.8 Å². The number of carbonyl (C=O) groups excluding carboxylic acids is 2. The van der Waals surface area contributed by atoms with Crippen molar-refractivity contribution in [2.75, 3.05) is 7.05 Å². The van der Waals surface area contributed by atoms with Crippen molar-refractivity contribution in [3.8, 4) is 0 Å². The van der Waals surface area contributed by atoms with Crippen LogP contribution in [0.25, 0.3) is 0 Å². The van der Waals surface area contributed by atoms with Crippen LogP contribution in [0, 0.1) is 10.1 Å². The van der Waals surface area contributed by atoms with E-state index in [1.165, 1.54) is 30.4 Å². The molecule has 0 aliphatic carbocycles. The lowest BCUT2D eigenvalue weighted by Crippen LogP contribution is -2.34. The molecule has 2 amide bonds. The lowest BCUT2D eigenvalue weighted by atomic mass is 10.0. The van der Waals surface area contributed by atoms with Gasteiger partial charge in [0.05, 0.1) is 23.4 Å². The average molecular weight is 375 g/mol. The van der Waals surface area contributed by atoms with E-state index >= 15 is 0 Å². The zero-order valence-corrected chi connectivity index (χ0v) is 15.7. The number of rotatable bonds is 7. The van der Waals surface area contributed by atoms with E-state index in [0.717, 1.165) is 4.88 Å². The molecule has 138 valence electrons. The predicted octanol–water partition coefficient (Wildman–Crippen LogP) is 3.44. The number of nitrogens with one attached hydrogen (secondary N) is 1. The van der Waals surface area contributed by atoms with Gasteiger partial charge in [0, 0.05) is 31.0 Å². The Labute approximate surface area is 155 Å². The highest BCUT2D eigenvalue weighted by atomic mass is 32.1. The maximum absolute atomic E-state index is 12.7. The number of hydrogen-bond donors (Lipinski definition) is 1. The minimum Gasteiger partial charge on any atom is -0.348 e. The lowest BCUT2D eigenvalue weighted by Gasteiger charge is -2.27. The molecule has 26 heavy (non-hydrogen) atoms. The zero-order chi connectivity index (χ0) is 19.3. The Morgan fingerprint density at radius 3 is 2.62 bits per heavy atom. The summed E-state index contributed by atoms with van der Waals surface area (Å²) in [6.07, 6.45) is 0.121. The molecular weight excluding hydrogens is 354 g/mol. The van der Waals surface area contributed by atoms with Crippen molar-refractivity contribution in [1.29, 1.82) is 0 Å². The third kappa shape index (κ3) is 4.89. The Kier molecular flexibility index (Phi) is 6.46. The van der Waals surface area contributed by atoms with Gasteiger partial charge < -0.3 is 10.2 Å². The van der Waals surface area contributed by atoms with Crippen LogP contribution in [-0.2, 0) is 9.59 Å². The first-order valence-electron chi connectivity index (χ1n) is 8.10. The summed E-state index contributed by atoms with van der Waals surface area (Å²) in [5, 5.41) is 15.6. The number of amides is 2. The highest BCUT2D eigenvalue weighted by Crippen LogP contribution is 2.27. The van der Waals surface area contributed by atoms with Crippen LogP contribution in [0.3, 0.4) is 0 Å². The fraction of sp³-hybridized carbons (Fsp3) is 0.333. The molecule has 1 aromatic carbocycles. The van der Waals surface area contributed by atoms with Crippen molar-refractivity contribution < 1.29 is 14.5 Å². The number of hydrogen-bond acceptors (Lipinski definition) is 5. The van der Waals surface area contributed by atoms with E-state index in [0.29, 0.717) is 5.56 Å². The predicted molar refractivity (Wildman–Crippen MR) is 99.8 cm³/mol. The van der Waals surface area contributed by atoms with E-state index in [-0.39, 0.29) is 36.0 Å². The molecule has 1 heterocycles. The van der Waals surface area contributed by atoms with Crippen molar-refractivity contribution in [3.05, 3.63) is 62.3 Å². The third-order valence-electron chi connectivity index (χ3n) is 4.18. The van der Waals surface area contributed by atoms with Gasteiger partial charge in [-0.15, -0.1) is 11.3 Å². The summed E-state index contributed by atoms with van der Waals surface area (Å²) in [7, 11) is 1.66. The molecule has 0 spiro atoms. The van der Waals surface area contributed by atoms with Crippen LogP contribution in [0.2, 0.25) is 0 Å². The molecule has 0 fully saturated rings. The highest BCUT2D eigenvalue weighted by Gasteiger charge is 2.24. The summed E-state index contributed by atoms with van der Waals surface area (Å²) in [6, 6.07) is 9.28. The number of carbonyl (C=O) groups is 2. The van der Waals surface area contributed by atoms with Crippen molar-refractivity contribution in [2.45, 2.75) is 32.4 Å². The molecule has 0 bridgehead atoms. The minimum atomic E-state index is -0.457. The summed E-state index contributed by atoms with van der Waals surface area (Å²) in [5.41, 5.74) is 0.673. The number of non-ortho nitro benzene ring substituents is 1. The van der Waals surface area contributed by atoms with Gasteiger partial charge in [-0.3, -0.25) is 19.7 Å². The van der Waals surface area contributed by atoms with E-state index in [4.69, 9.17) is 0 Å². The summed E-state index contributed by atoms with van der Waals surface area (Å²) in [6.45, 7) is 3.23. The quantitative estimate of drug-likeness (QED) is 0.593. The second-order valence-electron chi connectivity index (χ2n) is 6.01. The van der Waals surface area contributed by atoms with E-state index in [2.05, 4.69) is 5.32 Å². The standard InChI is InChI=1S/C18H21N3O4S/c1-12(14-6-4-7-15(10-14)21(24)25)20(3)18(23)11-16(19-13(2)22)17-8-5-9-26-17/h4-10,12,16H,11H2,1-3H3,(H,19,22)/t12-,16+/m1/s1. The number of nitro groups is 1. The van der Waals surface area contributed by atoms with Crippen LogP contribution in [0.5, 0.6) is 0 Å². The molecule has 0 saturated heterocycles. The van der Waals surface area contributed by atoms with Gasteiger partial charge in [0.15, 0.2) is 0 Å². The molecule has 1 aromatic heterocycles. The van der Waals surface area contributed by atoms with Gasteiger partial charge in [-0.2, -0.15) is 0 Å². The minimum absolute atomic E-state index is 0.00934. The van der Waals surface area contributed by atoms with E-state index in [1.54, 1.807) is 24.1 Å². The second-order valence-corrected chi connectivity index (χ2v) is 6.98. The van der Waals surface area contributed by atoms with Crippen molar-refractivity contribution in [3.63, 3.8) is 0 Å². The molecular formula is C18H21N3O4S. The molecule has 0 radical (unpaired) electrons. The summed E-state index contributed by atoms with van der Waals surface area (Å²) < 4.78 is 0. The van der Waals surface area contributed by atoms with Crippen molar-refractivity contribution in [2.24, 2.45) is 0 Å². The average Bonchev–Trinajstić information content (AvgIpc) is 3.14. The molecule has 2 rings (SSSR count). The maximum atomic E-state index is 12.7. The molecule has 0 saturated carbocycles. The monoisotopic (exact) mass is 375 g/mol. The van der Waals surface area contributed by atoms with Crippen LogP contribution in [0.4, 0.5) is 5.69 Å². The summed E-state index contributed by atoms with van der Waals surface area (Å²) in [5.74, 6) is -0.359. The van der Waals surface area contributed by atoms with Gasteiger partial charge in [-0.05, 0) is 23.9 Å². The van der Waals surface area contributed by atoms with Gasteiger partial charge in [-0.1, -0.05) is 18.2 Å². The van der Waals surface area contributed by atoms with Gasteiger partial charge in [0.1, 0.15) is 0 Å². The second kappa shape index (κ2) is 8.57. The molecule has 1 N–H and O–H groups in total. The molecule has 0 aliphatic heterocycles. The van der Waals surface area contributed by atoms with E-state index in [9.17, 15) is 19.7 Å². The Balaban J connectivity index is 2.13. The molecule has 8 heteroatoms. The largest absolute Gasteiger partial charge is 0.348 e. The first kappa shape index (κ1) is 19.6. The van der Waals surface area contributed by atoms with Crippen LogP contribution in [-0.4, -0.2) is 28.7 Å². The lowest BCUT2D eigenvalue weighted by molar-refractivity contribution is -0.384. The van der Waals surface area contributed by atoms with E-state index < -0.39 is 4.92 Å². The van der Waals surface area contributed by atoms with Crippen LogP contribution < -0.4 is 5.32 Å². The number of nitrogens with zero attached hydrogens (tertiary/aromatic N) is 2. The van der Waals surface area contributed by atoms with E-state index in [1.807, 2.05) is 24.4 Å². The molecule has 2 aromatic rings. The van der Waals surface area contributed by atoms with Crippen LogP contribution >= 0.6 is 11.3 Å². The Morgan fingerprint density at radius 1 is 1.31 bits per heavy atom. The Morgan fingerprint density at radius 2 is 2.04 bits per heavy atom. The molecule has 0 aliphatic rings. The van der Waals surface area contributed by atoms with Crippen molar-refractivity contribution in [1.82, 2.24) is 10.2 Å². The Hall–Kier alpha value is -2.74. The molecule has 7 nitrogen and oxygen atoms in total. The molecule has 2 atom stereocenters. The van der Waals surface area contributed by atoms with Gasteiger partial charge in [0.25, 0.3) is 5.69 Å². The zero-order valence-electron chi connectivity index (χ0n) is 14.8. The Bertz CT molecular complexity index is 791. The van der Waals surface area contributed by atoms with Gasteiger partial charge >= 0.3 is 0 Å². The number of thiophene rings is 1. The highest BCUT2D eigenvalue weighted by molar-refractivity contribution is 7.10. The first-order valence-corrected chi connectivity index (χ1v) is 8.98. The van der Waals surface area contributed by atoms with Crippen LogP contribution in [0.15, 0.2) is 41.8 Å². The first-order chi connectivity index (χ1) is 12.3. The fourth-order valence-corrected chi connectivity index (χ4v) is 3.39.